The van der Waals surface area contributed by atoms with Gasteiger partial charge in [0.1, 0.15) is 5.82 Å². The van der Waals surface area contributed by atoms with Crippen molar-refractivity contribution in [2.24, 2.45) is 5.92 Å². The average Bonchev–Trinajstić information content (AvgIpc) is 2.98. The van der Waals surface area contributed by atoms with Gasteiger partial charge in [0.2, 0.25) is 0 Å². The lowest BCUT2D eigenvalue weighted by molar-refractivity contribution is -0.143. The summed E-state index contributed by atoms with van der Waals surface area (Å²) in [4.78, 5) is 21.7. The quantitative estimate of drug-likeness (QED) is 0.640. The van der Waals surface area contributed by atoms with Crippen LogP contribution < -0.4 is 5.56 Å². The Balaban J connectivity index is 2.17. The van der Waals surface area contributed by atoms with E-state index < -0.39 is 24.1 Å². The third-order valence-corrected chi connectivity index (χ3v) is 4.50. The molecule has 2 heterocycles. The van der Waals surface area contributed by atoms with Crippen molar-refractivity contribution in [1.29, 1.82) is 0 Å². The zero-order valence-corrected chi connectivity index (χ0v) is 15.6. The molecule has 0 amide bonds. The lowest BCUT2D eigenvalue weighted by Crippen LogP contribution is -2.26. The van der Waals surface area contributed by atoms with E-state index >= 15 is 0 Å². The number of aromatic nitrogens is 4. The van der Waals surface area contributed by atoms with Crippen LogP contribution in [-0.4, -0.2) is 25.3 Å². The van der Waals surface area contributed by atoms with Crippen LogP contribution in [0, 0.1) is 5.92 Å². The van der Waals surface area contributed by atoms with E-state index in [1.165, 1.54) is 17.8 Å². The maximum atomic E-state index is 13.0. The average molecular weight is 399 g/mol. The zero-order valence-electron chi connectivity index (χ0n) is 14.8. The van der Waals surface area contributed by atoms with Crippen molar-refractivity contribution in [3.63, 3.8) is 0 Å². The summed E-state index contributed by atoms with van der Waals surface area (Å²) in [5, 5.41) is 0.489. The minimum Gasteiger partial charge on any atom is -0.315 e. The van der Waals surface area contributed by atoms with Crippen LogP contribution in [0.4, 0.5) is 13.2 Å². The molecule has 0 N–H and O–H groups in total. The summed E-state index contributed by atoms with van der Waals surface area (Å²) in [5.74, 6) is -0.465. The highest BCUT2D eigenvalue weighted by molar-refractivity contribution is 6.30. The first kappa shape index (κ1) is 19.4. The Morgan fingerprint density at radius 2 is 1.89 bits per heavy atom. The van der Waals surface area contributed by atoms with Crippen LogP contribution in [0.5, 0.6) is 0 Å². The van der Waals surface area contributed by atoms with Crippen LogP contribution in [0.25, 0.3) is 16.9 Å². The highest BCUT2D eigenvalue weighted by Gasteiger charge is 2.31. The summed E-state index contributed by atoms with van der Waals surface area (Å²) in [6, 6.07) is 6.49. The SMILES string of the molecule is CCn1cnc2c(=O)n(-c3ccc(Cl)cc3)c(CC(C)CC(F)(F)F)nc21. The molecule has 0 spiro atoms. The van der Waals surface area contributed by atoms with E-state index in [0.717, 1.165) is 0 Å². The molecule has 27 heavy (non-hydrogen) atoms. The normalized spacial score (nSPS) is 13.3. The van der Waals surface area contributed by atoms with Gasteiger partial charge in [0.25, 0.3) is 5.56 Å². The number of alkyl halides is 3. The molecular formula is C18H18ClF3N4O. The molecule has 0 aliphatic carbocycles. The van der Waals surface area contributed by atoms with Crippen molar-refractivity contribution in [3.05, 3.63) is 51.8 Å². The van der Waals surface area contributed by atoms with Crippen LogP contribution in [-0.2, 0) is 13.0 Å². The molecule has 5 nitrogen and oxygen atoms in total. The van der Waals surface area contributed by atoms with Gasteiger partial charge in [-0.1, -0.05) is 18.5 Å². The van der Waals surface area contributed by atoms with Crippen molar-refractivity contribution in [3.8, 4) is 5.69 Å². The minimum atomic E-state index is -4.28. The molecular weight excluding hydrogens is 381 g/mol. The molecule has 1 atom stereocenters. The first-order valence-electron chi connectivity index (χ1n) is 8.49. The van der Waals surface area contributed by atoms with Crippen molar-refractivity contribution in [2.45, 2.75) is 39.4 Å². The van der Waals surface area contributed by atoms with Crippen LogP contribution >= 0.6 is 11.6 Å². The molecule has 3 rings (SSSR count). The molecule has 1 aromatic carbocycles. The Hall–Kier alpha value is -2.35. The summed E-state index contributed by atoms with van der Waals surface area (Å²) in [7, 11) is 0. The number of hydrogen-bond donors (Lipinski definition) is 0. The van der Waals surface area contributed by atoms with Crippen LogP contribution in [0.1, 0.15) is 26.1 Å². The number of rotatable bonds is 5. The minimum absolute atomic E-state index is 0.00219. The van der Waals surface area contributed by atoms with Crippen molar-refractivity contribution < 1.29 is 13.2 Å². The van der Waals surface area contributed by atoms with Gasteiger partial charge in [0.15, 0.2) is 11.2 Å². The Morgan fingerprint density at radius 1 is 1.22 bits per heavy atom. The molecule has 0 saturated heterocycles. The van der Waals surface area contributed by atoms with Gasteiger partial charge >= 0.3 is 6.18 Å². The Morgan fingerprint density at radius 3 is 2.48 bits per heavy atom. The van der Waals surface area contributed by atoms with Gasteiger partial charge < -0.3 is 4.57 Å². The number of benzene rings is 1. The molecule has 0 radical (unpaired) electrons. The lowest BCUT2D eigenvalue weighted by atomic mass is 10.0. The molecule has 9 heteroatoms. The fourth-order valence-electron chi connectivity index (χ4n) is 3.04. The number of imidazole rings is 1. The highest BCUT2D eigenvalue weighted by atomic mass is 35.5. The standard InChI is InChI=1S/C18H18ClF3N4O/c1-3-25-10-23-15-16(25)24-14(8-11(2)9-18(20,21)22)26(17(15)27)13-6-4-12(19)5-7-13/h4-7,10-11H,3,8-9H2,1-2H3. The molecule has 0 bridgehead atoms. The molecule has 1 unspecified atom stereocenters. The van der Waals surface area contributed by atoms with Crippen molar-refractivity contribution in [2.75, 3.05) is 0 Å². The number of hydrogen-bond acceptors (Lipinski definition) is 3. The van der Waals surface area contributed by atoms with Gasteiger partial charge in [-0.15, -0.1) is 0 Å². The second-order valence-electron chi connectivity index (χ2n) is 6.48. The zero-order chi connectivity index (χ0) is 19.8. The second-order valence-corrected chi connectivity index (χ2v) is 6.91. The highest BCUT2D eigenvalue weighted by Crippen LogP contribution is 2.27. The van der Waals surface area contributed by atoms with E-state index in [2.05, 4.69) is 9.97 Å². The first-order chi connectivity index (χ1) is 12.7. The number of halogens is 4. The third-order valence-electron chi connectivity index (χ3n) is 4.25. The van der Waals surface area contributed by atoms with Gasteiger partial charge in [-0.2, -0.15) is 13.2 Å². The predicted molar refractivity (Wildman–Crippen MR) is 97.3 cm³/mol. The van der Waals surface area contributed by atoms with Crippen LogP contribution in [0.3, 0.4) is 0 Å². The van der Waals surface area contributed by atoms with Gasteiger partial charge in [-0.05, 0) is 37.1 Å². The van der Waals surface area contributed by atoms with Crippen molar-refractivity contribution in [1.82, 2.24) is 19.1 Å². The van der Waals surface area contributed by atoms with E-state index in [0.29, 0.717) is 22.9 Å². The summed E-state index contributed by atoms with van der Waals surface area (Å²) in [6.07, 6.45) is -3.72. The summed E-state index contributed by atoms with van der Waals surface area (Å²) in [6.45, 7) is 3.91. The molecule has 0 saturated carbocycles. The predicted octanol–water partition coefficient (Wildman–Crippen LogP) is 4.39. The van der Waals surface area contributed by atoms with Gasteiger partial charge in [-0.3, -0.25) is 9.36 Å². The van der Waals surface area contributed by atoms with E-state index in [9.17, 15) is 18.0 Å². The molecule has 0 aliphatic heterocycles. The maximum absolute atomic E-state index is 13.0. The largest absolute Gasteiger partial charge is 0.389 e. The summed E-state index contributed by atoms with van der Waals surface area (Å²) < 4.78 is 41.3. The molecule has 2 aromatic heterocycles. The topological polar surface area (TPSA) is 52.7 Å². The van der Waals surface area contributed by atoms with E-state index in [4.69, 9.17) is 11.6 Å². The Bertz CT molecular complexity index is 1010. The smallest absolute Gasteiger partial charge is 0.315 e. The molecule has 0 fully saturated rings. The number of aryl methyl sites for hydroxylation is 1. The third kappa shape index (κ3) is 4.16. The Labute approximate surface area is 158 Å². The monoisotopic (exact) mass is 398 g/mol. The molecule has 144 valence electrons. The van der Waals surface area contributed by atoms with Crippen LogP contribution in [0.15, 0.2) is 35.4 Å². The molecule has 0 aliphatic rings. The summed E-state index contributed by atoms with van der Waals surface area (Å²) >= 11 is 5.91. The number of nitrogens with zero attached hydrogens (tertiary/aromatic N) is 4. The van der Waals surface area contributed by atoms with E-state index in [-0.39, 0.29) is 17.8 Å². The fraction of sp³-hybridized carbons (Fsp3) is 0.389. The number of fused-ring (bicyclic) bond motifs is 1. The Kier molecular flexibility index (Phi) is 5.28. The van der Waals surface area contributed by atoms with Crippen molar-refractivity contribution >= 4 is 22.8 Å². The van der Waals surface area contributed by atoms with Crippen LogP contribution in [0.2, 0.25) is 5.02 Å². The molecule has 3 aromatic rings. The summed E-state index contributed by atoms with van der Waals surface area (Å²) in [5.41, 5.74) is 0.628. The van der Waals surface area contributed by atoms with Gasteiger partial charge in [-0.25, -0.2) is 9.97 Å². The maximum Gasteiger partial charge on any atom is 0.389 e. The van der Waals surface area contributed by atoms with Gasteiger partial charge in [0.05, 0.1) is 12.0 Å². The van der Waals surface area contributed by atoms with E-state index in [1.54, 1.807) is 28.8 Å². The fourth-order valence-corrected chi connectivity index (χ4v) is 3.17. The second kappa shape index (κ2) is 7.34. The first-order valence-corrected chi connectivity index (χ1v) is 8.87. The lowest BCUT2D eigenvalue weighted by Gasteiger charge is -2.17. The van der Waals surface area contributed by atoms with E-state index in [1.807, 2.05) is 6.92 Å². The van der Waals surface area contributed by atoms with Gasteiger partial charge in [0, 0.05) is 24.4 Å².